The van der Waals surface area contributed by atoms with Gasteiger partial charge in [-0.25, -0.2) is 0 Å². The molecule has 0 fully saturated rings. The van der Waals surface area contributed by atoms with Crippen LogP contribution >= 0.6 is 0 Å². The Morgan fingerprint density at radius 3 is 1.80 bits per heavy atom. The number of benzene rings is 2. The number of carbonyl (C=O) groups excluding carboxylic acids is 3. The monoisotopic (exact) mass is 566 g/mol. The van der Waals surface area contributed by atoms with Gasteiger partial charge in [-0.05, 0) is 62.8 Å². The lowest BCUT2D eigenvalue weighted by molar-refractivity contribution is -0.135. The van der Waals surface area contributed by atoms with E-state index in [1.807, 2.05) is 41.5 Å². The van der Waals surface area contributed by atoms with Crippen LogP contribution < -0.4 is 14.9 Å². The molecule has 8 heteroatoms. The van der Waals surface area contributed by atoms with E-state index in [9.17, 15) is 24.3 Å². The van der Waals surface area contributed by atoms with Crippen LogP contribution in [0, 0.1) is 11.8 Å². The second-order valence-corrected chi connectivity index (χ2v) is 11.5. The number of aromatic hydroxyl groups is 1. The molecule has 1 N–H and O–H groups in total. The number of fused-ring (bicyclic) bond motifs is 2. The predicted molar refractivity (Wildman–Crippen MR) is 159 cm³/mol. The van der Waals surface area contributed by atoms with Crippen molar-refractivity contribution in [3.05, 3.63) is 39.0 Å². The summed E-state index contributed by atoms with van der Waals surface area (Å²) in [6.07, 6.45) is 3.63. The Hall–Kier alpha value is -3.68. The van der Waals surface area contributed by atoms with E-state index < -0.39 is 17.4 Å². The maximum atomic E-state index is 14.2. The van der Waals surface area contributed by atoms with Crippen LogP contribution in [0.3, 0.4) is 0 Å². The lowest BCUT2D eigenvalue weighted by Gasteiger charge is -2.18. The number of esters is 2. The van der Waals surface area contributed by atoms with Crippen molar-refractivity contribution < 1.29 is 33.4 Å². The number of carbonyl (C=O) groups is 3. The minimum atomic E-state index is -0.497. The van der Waals surface area contributed by atoms with E-state index in [1.165, 1.54) is 19.1 Å². The van der Waals surface area contributed by atoms with Gasteiger partial charge in [-0.3, -0.25) is 19.2 Å². The summed E-state index contributed by atoms with van der Waals surface area (Å²) in [4.78, 5) is 52.0. The zero-order valence-corrected chi connectivity index (χ0v) is 25.3. The molecule has 0 spiro atoms. The van der Waals surface area contributed by atoms with Crippen molar-refractivity contribution in [3.8, 4) is 17.2 Å². The standard InChI is InChI=1S/C33H42O8/c1-8-10-27(35)40-23-16-26-31(32(37)21(23)14-12-18(3)4)33(38)30-22(15-13-19(5)6)29(20(7)34)24(17-25(30)39-26)41-28(36)11-9-2/h16-19,37H,8-15H2,1-7H3. The third-order valence-corrected chi connectivity index (χ3v) is 7.01. The highest BCUT2D eigenvalue weighted by molar-refractivity contribution is 6.06. The molecule has 1 heterocycles. The smallest absolute Gasteiger partial charge is 0.311 e. The van der Waals surface area contributed by atoms with Crippen molar-refractivity contribution in [2.75, 3.05) is 0 Å². The van der Waals surface area contributed by atoms with Gasteiger partial charge >= 0.3 is 11.9 Å². The summed E-state index contributed by atoms with van der Waals surface area (Å²) in [6, 6.07) is 2.86. The SMILES string of the molecule is CCCC(=O)Oc1cc2oc3cc(OC(=O)CCC)c(C(C)=O)c(CCC(C)C)c3c(=O)c2c(O)c1CCC(C)C. The van der Waals surface area contributed by atoms with E-state index in [0.717, 1.165) is 0 Å². The first-order valence-corrected chi connectivity index (χ1v) is 14.6. The molecule has 0 unspecified atom stereocenters. The van der Waals surface area contributed by atoms with E-state index in [2.05, 4.69) is 0 Å². The summed E-state index contributed by atoms with van der Waals surface area (Å²) in [5, 5.41) is 11.6. The maximum Gasteiger partial charge on any atom is 0.311 e. The Morgan fingerprint density at radius 2 is 1.29 bits per heavy atom. The molecule has 0 radical (unpaired) electrons. The molecule has 0 amide bonds. The number of phenolic OH excluding ortho intramolecular Hbond substituents is 1. The largest absolute Gasteiger partial charge is 0.507 e. The number of aryl methyl sites for hydroxylation is 1. The number of rotatable bonds is 13. The highest BCUT2D eigenvalue weighted by Crippen LogP contribution is 2.40. The lowest BCUT2D eigenvalue weighted by Crippen LogP contribution is -2.16. The third-order valence-electron chi connectivity index (χ3n) is 7.01. The molecule has 3 rings (SSSR count). The fourth-order valence-corrected chi connectivity index (χ4v) is 4.89. The van der Waals surface area contributed by atoms with Gasteiger partial charge in [-0.2, -0.15) is 0 Å². The predicted octanol–water partition coefficient (Wildman–Crippen LogP) is 7.44. The van der Waals surface area contributed by atoms with Crippen molar-refractivity contribution in [1.29, 1.82) is 0 Å². The van der Waals surface area contributed by atoms with E-state index in [-0.39, 0.29) is 69.3 Å². The topological polar surface area (TPSA) is 120 Å². The molecule has 3 aromatic rings. The number of ketones is 1. The van der Waals surface area contributed by atoms with E-state index in [1.54, 1.807) is 0 Å². The van der Waals surface area contributed by atoms with Gasteiger partial charge in [0.25, 0.3) is 0 Å². The zero-order chi connectivity index (χ0) is 30.4. The molecule has 222 valence electrons. The minimum absolute atomic E-state index is 0.0313. The normalized spacial score (nSPS) is 11.5. The van der Waals surface area contributed by atoms with Gasteiger partial charge in [0.05, 0.1) is 10.9 Å². The highest BCUT2D eigenvalue weighted by Gasteiger charge is 2.27. The van der Waals surface area contributed by atoms with Gasteiger partial charge in [0.1, 0.15) is 33.8 Å². The number of Topliss-reactive ketones (excluding diaryl/α,β-unsaturated/α-hetero) is 1. The molecule has 0 aliphatic carbocycles. The molecule has 0 saturated carbocycles. The van der Waals surface area contributed by atoms with Crippen LogP contribution in [-0.4, -0.2) is 22.8 Å². The molecule has 2 aromatic carbocycles. The molecular formula is C33H42O8. The van der Waals surface area contributed by atoms with Crippen LogP contribution in [0.1, 0.15) is 108 Å². The first-order valence-electron chi connectivity index (χ1n) is 14.6. The summed E-state index contributed by atoms with van der Waals surface area (Å²) in [7, 11) is 0. The number of ether oxygens (including phenoxy) is 2. The van der Waals surface area contributed by atoms with Gasteiger partial charge in [0, 0.05) is 30.5 Å². The second kappa shape index (κ2) is 13.8. The average Bonchev–Trinajstić information content (AvgIpc) is 2.86. The van der Waals surface area contributed by atoms with Crippen LogP contribution in [0.15, 0.2) is 21.3 Å². The molecule has 0 aliphatic rings. The third kappa shape index (κ3) is 7.34. The Morgan fingerprint density at radius 1 is 0.805 bits per heavy atom. The number of hydrogen-bond donors (Lipinski definition) is 1. The quantitative estimate of drug-likeness (QED) is 0.0981. The molecule has 8 nitrogen and oxygen atoms in total. The minimum Gasteiger partial charge on any atom is -0.507 e. The van der Waals surface area contributed by atoms with Gasteiger partial charge in [-0.15, -0.1) is 0 Å². The molecule has 0 aliphatic heterocycles. The highest BCUT2D eigenvalue weighted by atomic mass is 16.5. The zero-order valence-electron chi connectivity index (χ0n) is 25.3. The Labute approximate surface area is 241 Å². The van der Waals surface area contributed by atoms with Crippen LogP contribution in [0.5, 0.6) is 17.2 Å². The molecule has 0 saturated heterocycles. The van der Waals surface area contributed by atoms with Crippen molar-refractivity contribution >= 4 is 39.7 Å². The van der Waals surface area contributed by atoms with Crippen molar-refractivity contribution in [3.63, 3.8) is 0 Å². The lowest BCUT2D eigenvalue weighted by atomic mass is 9.91. The van der Waals surface area contributed by atoms with Gasteiger partial charge in [0.15, 0.2) is 5.78 Å². The van der Waals surface area contributed by atoms with Crippen LogP contribution in [0.4, 0.5) is 0 Å². The average molecular weight is 567 g/mol. The van der Waals surface area contributed by atoms with Crippen molar-refractivity contribution in [2.45, 2.75) is 99.8 Å². The fraction of sp³-hybridized carbons (Fsp3) is 0.515. The Balaban J connectivity index is 2.43. The van der Waals surface area contributed by atoms with Gasteiger partial charge in [-0.1, -0.05) is 41.5 Å². The number of hydrogen-bond acceptors (Lipinski definition) is 8. The summed E-state index contributed by atoms with van der Waals surface area (Å²) >= 11 is 0. The van der Waals surface area contributed by atoms with Gasteiger partial charge in [0.2, 0.25) is 5.43 Å². The molecule has 0 bridgehead atoms. The first kappa shape index (κ1) is 31.8. The maximum absolute atomic E-state index is 14.2. The molecule has 0 atom stereocenters. The molecule has 1 aromatic heterocycles. The van der Waals surface area contributed by atoms with Crippen molar-refractivity contribution in [2.24, 2.45) is 11.8 Å². The molecule has 41 heavy (non-hydrogen) atoms. The number of phenols is 1. The van der Waals surface area contributed by atoms with Gasteiger partial charge < -0.3 is 19.0 Å². The summed E-state index contributed by atoms with van der Waals surface area (Å²) in [5.41, 5.74) is 0.611. The van der Waals surface area contributed by atoms with E-state index >= 15 is 0 Å². The van der Waals surface area contributed by atoms with Crippen LogP contribution in [-0.2, 0) is 22.4 Å². The molecular weight excluding hydrogens is 524 g/mol. The Bertz CT molecular complexity index is 1510. The summed E-state index contributed by atoms with van der Waals surface area (Å²) in [6.45, 7) is 13.2. The summed E-state index contributed by atoms with van der Waals surface area (Å²) < 4.78 is 17.4. The second-order valence-electron chi connectivity index (χ2n) is 11.5. The fourth-order valence-electron chi connectivity index (χ4n) is 4.89. The first-order chi connectivity index (χ1) is 19.4. The van der Waals surface area contributed by atoms with E-state index in [4.69, 9.17) is 13.9 Å². The summed E-state index contributed by atoms with van der Waals surface area (Å²) in [5.74, 6) is -0.840. The van der Waals surface area contributed by atoms with Crippen LogP contribution in [0.25, 0.3) is 21.9 Å². The van der Waals surface area contributed by atoms with E-state index in [0.29, 0.717) is 55.6 Å². The van der Waals surface area contributed by atoms with Crippen LogP contribution in [0.2, 0.25) is 0 Å². The Kier molecular flexibility index (Phi) is 10.7. The van der Waals surface area contributed by atoms with Crippen molar-refractivity contribution in [1.82, 2.24) is 0 Å².